The van der Waals surface area contributed by atoms with Crippen molar-refractivity contribution >= 4 is 16.0 Å². The molecule has 0 fully saturated rings. The van der Waals surface area contributed by atoms with Gasteiger partial charge in [0.05, 0.1) is 23.5 Å². The third-order valence-corrected chi connectivity index (χ3v) is 4.22. The molecule has 7 nitrogen and oxygen atoms in total. The van der Waals surface area contributed by atoms with Gasteiger partial charge in [-0.25, -0.2) is 8.42 Å². The van der Waals surface area contributed by atoms with E-state index in [4.69, 9.17) is 15.6 Å². The van der Waals surface area contributed by atoms with Crippen LogP contribution in [0, 0.1) is 22.7 Å². The summed E-state index contributed by atoms with van der Waals surface area (Å²) in [6.45, 7) is -0.848. The SMILES string of the molecule is N#CCN(CC#N)S(=O)(=O)c1ccc(CC(=O)O)cc1. The molecule has 0 spiro atoms. The normalized spacial score (nSPS) is 10.8. The van der Waals surface area contributed by atoms with Gasteiger partial charge in [0.2, 0.25) is 10.0 Å². The van der Waals surface area contributed by atoms with Crippen LogP contribution in [0.15, 0.2) is 29.2 Å². The Morgan fingerprint density at radius 3 is 2.05 bits per heavy atom. The molecule has 104 valence electrons. The fourth-order valence-electron chi connectivity index (χ4n) is 1.49. The highest BCUT2D eigenvalue weighted by molar-refractivity contribution is 7.89. The monoisotopic (exact) mass is 293 g/mol. The van der Waals surface area contributed by atoms with Gasteiger partial charge in [0.15, 0.2) is 0 Å². The zero-order chi connectivity index (χ0) is 15.2. The highest BCUT2D eigenvalue weighted by atomic mass is 32.2. The smallest absolute Gasteiger partial charge is 0.307 e. The predicted octanol–water partition coefficient (Wildman–Crippen LogP) is 0.352. The van der Waals surface area contributed by atoms with Crippen LogP contribution >= 0.6 is 0 Å². The zero-order valence-corrected chi connectivity index (χ0v) is 11.2. The molecule has 20 heavy (non-hydrogen) atoms. The lowest BCUT2D eigenvalue weighted by molar-refractivity contribution is -0.136. The highest BCUT2D eigenvalue weighted by Crippen LogP contribution is 2.16. The number of carboxylic acid groups (broad SMARTS) is 1. The van der Waals surface area contributed by atoms with Gasteiger partial charge in [0.1, 0.15) is 13.1 Å². The van der Waals surface area contributed by atoms with E-state index in [0.717, 1.165) is 4.31 Å². The van der Waals surface area contributed by atoms with Gasteiger partial charge in [-0.3, -0.25) is 4.79 Å². The van der Waals surface area contributed by atoms with Crippen LogP contribution in [0.2, 0.25) is 0 Å². The molecule has 0 saturated carbocycles. The Morgan fingerprint density at radius 2 is 1.65 bits per heavy atom. The number of nitrogens with zero attached hydrogens (tertiary/aromatic N) is 3. The summed E-state index contributed by atoms with van der Waals surface area (Å²) in [5, 5.41) is 25.8. The molecule has 1 aromatic carbocycles. The molecule has 0 aromatic heterocycles. The van der Waals surface area contributed by atoms with E-state index in [1.54, 1.807) is 12.1 Å². The van der Waals surface area contributed by atoms with E-state index in [2.05, 4.69) is 0 Å². The molecule has 0 amide bonds. The molecular formula is C12H11N3O4S. The molecular weight excluding hydrogens is 282 g/mol. The topological polar surface area (TPSA) is 122 Å². The Balaban J connectivity index is 3.06. The minimum atomic E-state index is -3.93. The van der Waals surface area contributed by atoms with Gasteiger partial charge in [-0.1, -0.05) is 12.1 Å². The first kappa shape index (κ1) is 15.6. The van der Waals surface area contributed by atoms with Crippen molar-refractivity contribution < 1.29 is 18.3 Å². The van der Waals surface area contributed by atoms with Crippen LogP contribution in [-0.4, -0.2) is 36.9 Å². The second kappa shape index (κ2) is 6.66. The van der Waals surface area contributed by atoms with E-state index >= 15 is 0 Å². The van der Waals surface area contributed by atoms with Gasteiger partial charge < -0.3 is 5.11 Å². The average molecular weight is 293 g/mol. The van der Waals surface area contributed by atoms with E-state index in [1.807, 2.05) is 0 Å². The molecule has 0 aliphatic heterocycles. The molecule has 0 unspecified atom stereocenters. The molecule has 0 aliphatic carbocycles. The number of hydrogen-bond donors (Lipinski definition) is 1. The van der Waals surface area contributed by atoms with Gasteiger partial charge in [0, 0.05) is 0 Å². The van der Waals surface area contributed by atoms with Gasteiger partial charge >= 0.3 is 5.97 Å². The fourth-order valence-corrected chi connectivity index (χ4v) is 2.72. The second-order valence-corrected chi connectivity index (χ2v) is 5.74. The van der Waals surface area contributed by atoms with Crippen LogP contribution in [0.25, 0.3) is 0 Å². The maximum atomic E-state index is 12.2. The maximum Gasteiger partial charge on any atom is 0.307 e. The largest absolute Gasteiger partial charge is 0.481 e. The Hall–Kier alpha value is -2.42. The number of nitriles is 2. The number of benzene rings is 1. The van der Waals surface area contributed by atoms with Crippen molar-refractivity contribution in [3.63, 3.8) is 0 Å². The average Bonchev–Trinajstić information content (AvgIpc) is 2.38. The van der Waals surface area contributed by atoms with Crippen molar-refractivity contribution in [2.75, 3.05) is 13.1 Å². The van der Waals surface area contributed by atoms with Crippen LogP contribution in [-0.2, 0) is 21.2 Å². The van der Waals surface area contributed by atoms with Crippen LogP contribution in [0.5, 0.6) is 0 Å². The van der Waals surface area contributed by atoms with Crippen molar-refractivity contribution in [3.8, 4) is 12.1 Å². The van der Waals surface area contributed by atoms with Crippen molar-refractivity contribution in [1.29, 1.82) is 10.5 Å². The summed E-state index contributed by atoms with van der Waals surface area (Å²) in [5.74, 6) is -1.02. The molecule has 1 N–H and O–H groups in total. The first-order chi connectivity index (χ1) is 9.41. The van der Waals surface area contributed by atoms with Crippen LogP contribution in [0.4, 0.5) is 0 Å². The maximum absolute atomic E-state index is 12.2. The molecule has 1 aromatic rings. The number of rotatable bonds is 6. The summed E-state index contributed by atoms with van der Waals surface area (Å²) >= 11 is 0. The van der Waals surface area contributed by atoms with Crippen LogP contribution < -0.4 is 0 Å². The minimum Gasteiger partial charge on any atom is -0.481 e. The molecule has 0 saturated heterocycles. The first-order valence-corrected chi connectivity index (χ1v) is 6.90. The number of aliphatic carboxylic acids is 1. The van der Waals surface area contributed by atoms with Gasteiger partial charge in [-0.15, -0.1) is 0 Å². The molecule has 0 bridgehead atoms. The third-order valence-electron chi connectivity index (χ3n) is 2.41. The Labute approximate surface area is 116 Å². The number of carbonyl (C=O) groups is 1. The van der Waals surface area contributed by atoms with Crippen molar-refractivity contribution in [2.24, 2.45) is 0 Å². The summed E-state index contributed by atoms with van der Waals surface area (Å²) in [4.78, 5) is 10.4. The standard InChI is InChI=1S/C12H11N3O4S/c13-5-7-15(8-6-14)20(18,19)11-3-1-10(2-4-11)9-12(16)17/h1-4H,7-9H2,(H,16,17). The summed E-state index contributed by atoms with van der Waals surface area (Å²) in [7, 11) is -3.93. The Morgan fingerprint density at radius 1 is 1.15 bits per heavy atom. The summed E-state index contributed by atoms with van der Waals surface area (Å²) < 4.78 is 25.1. The highest BCUT2D eigenvalue weighted by Gasteiger charge is 2.23. The van der Waals surface area contributed by atoms with Crippen molar-refractivity contribution in [3.05, 3.63) is 29.8 Å². The lowest BCUT2D eigenvalue weighted by atomic mass is 10.2. The Kier molecular flexibility index (Phi) is 5.21. The molecule has 8 heteroatoms. The van der Waals surface area contributed by atoms with E-state index in [1.165, 1.54) is 24.3 Å². The summed E-state index contributed by atoms with van der Waals surface area (Å²) in [5.41, 5.74) is 0.462. The molecule has 0 aliphatic rings. The van der Waals surface area contributed by atoms with E-state index in [-0.39, 0.29) is 11.3 Å². The van der Waals surface area contributed by atoms with Gasteiger partial charge in [0.25, 0.3) is 0 Å². The molecule has 1 rings (SSSR count). The van der Waals surface area contributed by atoms with Crippen molar-refractivity contribution in [1.82, 2.24) is 4.31 Å². The molecule has 0 radical (unpaired) electrons. The molecule has 0 heterocycles. The third kappa shape index (κ3) is 3.79. The van der Waals surface area contributed by atoms with Gasteiger partial charge in [-0.05, 0) is 17.7 Å². The quantitative estimate of drug-likeness (QED) is 0.755. The first-order valence-electron chi connectivity index (χ1n) is 5.46. The lowest BCUT2D eigenvalue weighted by Gasteiger charge is -2.15. The number of carboxylic acids is 1. The minimum absolute atomic E-state index is 0.0860. The zero-order valence-electron chi connectivity index (χ0n) is 10.4. The molecule has 0 atom stereocenters. The lowest BCUT2D eigenvalue weighted by Crippen LogP contribution is -2.31. The van der Waals surface area contributed by atoms with Crippen LogP contribution in [0.1, 0.15) is 5.56 Å². The van der Waals surface area contributed by atoms with Crippen molar-refractivity contribution in [2.45, 2.75) is 11.3 Å². The summed E-state index contributed by atoms with van der Waals surface area (Å²) in [6.07, 6.45) is -0.208. The van der Waals surface area contributed by atoms with Gasteiger partial charge in [-0.2, -0.15) is 14.8 Å². The number of sulfonamides is 1. The van der Waals surface area contributed by atoms with E-state index in [9.17, 15) is 13.2 Å². The Bertz CT molecular complexity index is 652. The van der Waals surface area contributed by atoms with E-state index in [0.29, 0.717) is 5.56 Å². The predicted molar refractivity (Wildman–Crippen MR) is 67.8 cm³/mol. The number of hydrogen-bond acceptors (Lipinski definition) is 5. The summed E-state index contributed by atoms with van der Waals surface area (Å²) in [6, 6.07) is 8.66. The van der Waals surface area contributed by atoms with E-state index < -0.39 is 29.1 Å². The second-order valence-electron chi connectivity index (χ2n) is 3.80. The fraction of sp³-hybridized carbons (Fsp3) is 0.250. The van der Waals surface area contributed by atoms with Crippen LogP contribution in [0.3, 0.4) is 0 Å².